The van der Waals surface area contributed by atoms with Crippen LogP contribution in [0, 0.1) is 5.92 Å². The van der Waals surface area contributed by atoms with Crippen LogP contribution in [-0.4, -0.2) is 33.9 Å². The lowest BCUT2D eigenvalue weighted by Gasteiger charge is -2.32. The van der Waals surface area contributed by atoms with Gasteiger partial charge in [-0.05, 0) is 55.9 Å². The van der Waals surface area contributed by atoms with Gasteiger partial charge in [-0.25, -0.2) is 9.97 Å². The van der Waals surface area contributed by atoms with Crippen molar-refractivity contribution in [2.75, 3.05) is 13.1 Å². The average molecular weight is 295 g/mol. The largest absolute Gasteiger partial charge is 0.343 e. The Hall–Kier alpha value is -1.97. The number of carbonyl (C=O) groups is 1. The number of likely N-dealkylation sites (tertiary alicyclic amines) is 1. The summed E-state index contributed by atoms with van der Waals surface area (Å²) in [4.78, 5) is 23.3. The maximum atomic E-state index is 12.2. The van der Waals surface area contributed by atoms with Crippen molar-refractivity contribution in [3.63, 3.8) is 0 Å². The van der Waals surface area contributed by atoms with Crippen molar-refractivity contribution in [3.05, 3.63) is 36.2 Å². The first kappa shape index (κ1) is 13.7. The lowest BCUT2D eigenvalue weighted by atomic mass is 9.92. The van der Waals surface area contributed by atoms with Crippen LogP contribution in [0.1, 0.15) is 43.7 Å². The Morgan fingerprint density at radius 3 is 2.73 bits per heavy atom. The Morgan fingerprint density at radius 2 is 1.95 bits per heavy atom. The SMILES string of the molecule is O=C(CC1CC1)N1CCC(c2ccc3cccnc3n2)CC1. The average Bonchev–Trinajstić information content (AvgIpc) is 3.38. The van der Waals surface area contributed by atoms with Gasteiger partial charge >= 0.3 is 0 Å². The Balaban J connectivity index is 1.42. The summed E-state index contributed by atoms with van der Waals surface area (Å²) in [7, 11) is 0. The topological polar surface area (TPSA) is 46.1 Å². The minimum Gasteiger partial charge on any atom is -0.343 e. The minimum atomic E-state index is 0.356. The molecule has 0 atom stereocenters. The predicted octanol–water partition coefficient (Wildman–Crippen LogP) is 3.14. The van der Waals surface area contributed by atoms with Gasteiger partial charge in [-0.2, -0.15) is 0 Å². The van der Waals surface area contributed by atoms with Gasteiger partial charge < -0.3 is 4.90 Å². The van der Waals surface area contributed by atoms with E-state index in [1.54, 1.807) is 6.20 Å². The maximum absolute atomic E-state index is 12.2. The molecule has 0 N–H and O–H groups in total. The lowest BCUT2D eigenvalue weighted by Crippen LogP contribution is -2.38. The van der Waals surface area contributed by atoms with E-state index in [0.29, 0.717) is 17.7 Å². The standard InChI is InChI=1S/C18H21N3O/c22-17(12-13-3-4-13)21-10-7-14(8-11-21)16-6-5-15-2-1-9-19-18(15)20-16/h1-2,5-6,9,13-14H,3-4,7-8,10-12H2. The van der Waals surface area contributed by atoms with Gasteiger partial charge in [-0.3, -0.25) is 4.79 Å². The van der Waals surface area contributed by atoms with Gasteiger partial charge in [0.1, 0.15) is 0 Å². The number of rotatable bonds is 3. The molecule has 2 aliphatic rings. The number of nitrogens with zero attached hydrogens (tertiary/aromatic N) is 3. The summed E-state index contributed by atoms with van der Waals surface area (Å²) in [5, 5.41) is 1.09. The third-order valence-corrected chi connectivity index (χ3v) is 4.91. The van der Waals surface area contributed by atoms with Gasteiger partial charge in [0, 0.05) is 42.7 Å². The van der Waals surface area contributed by atoms with Crippen LogP contribution in [0.4, 0.5) is 0 Å². The molecule has 1 aliphatic heterocycles. The van der Waals surface area contributed by atoms with Crippen LogP contribution in [0.3, 0.4) is 0 Å². The van der Waals surface area contributed by atoms with Gasteiger partial charge in [-0.1, -0.05) is 0 Å². The smallest absolute Gasteiger partial charge is 0.222 e. The molecule has 0 bridgehead atoms. The Bertz CT molecular complexity index is 688. The number of carbonyl (C=O) groups excluding carboxylic acids is 1. The highest BCUT2D eigenvalue weighted by atomic mass is 16.2. The molecule has 1 amide bonds. The summed E-state index contributed by atoms with van der Waals surface area (Å²) in [6, 6.07) is 8.21. The van der Waals surface area contributed by atoms with E-state index in [0.717, 1.165) is 49.1 Å². The van der Waals surface area contributed by atoms with Crippen molar-refractivity contribution < 1.29 is 4.79 Å². The molecule has 1 aliphatic carbocycles. The molecule has 1 saturated carbocycles. The molecule has 4 rings (SSSR count). The molecule has 2 aromatic heterocycles. The van der Waals surface area contributed by atoms with E-state index in [2.05, 4.69) is 17.1 Å². The fraction of sp³-hybridized carbons (Fsp3) is 0.500. The number of piperidine rings is 1. The molecule has 2 aromatic rings. The van der Waals surface area contributed by atoms with E-state index in [4.69, 9.17) is 4.98 Å². The first-order valence-electron chi connectivity index (χ1n) is 8.29. The second-order valence-electron chi connectivity index (χ2n) is 6.59. The molecule has 1 saturated heterocycles. The molecule has 4 heteroatoms. The van der Waals surface area contributed by atoms with Crippen molar-refractivity contribution in [2.24, 2.45) is 5.92 Å². The van der Waals surface area contributed by atoms with Crippen molar-refractivity contribution in [1.82, 2.24) is 14.9 Å². The van der Waals surface area contributed by atoms with Crippen LogP contribution < -0.4 is 0 Å². The van der Waals surface area contributed by atoms with E-state index in [-0.39, 0.29) is 0 Å². The predicted molar refractivity (Wildman–Crippen MR) is 85.4 cm³/mol. The number of fused-ring (bicyclic) bond motifs is 1. The molecule has 0 aromatic carbocycles. The fourth-order valence-corrected chi connectivity index (χ4v) is 3.32. The summed E-state index contributed by atoms with van der Waals surface area (Å²) in [6.45, 7) is 1.75. The van der Waals surface area contributed by atoms with Crippen LogP contribution in [-0.2, 0) is 4.79 Å². The molecular weight excluding hydrogens is 274 g/mol. The van der Waals surface area contributed by atoms with E-state index >= 15 is 0 Å². The highest BCUT2D eigenvalue weighted by Crippen LogP contribution is 2.34. The Labute approximate surface area is 130 Å². The van der Waals surface area contributed by atoms with Crippen LogP contribution in [0.15, 0.2) is 30.5 Å². The van der Waals surface area contributed by atoms with Crippen LogP contribution in [0.5, 0.6) is 0 Å². The number of amides is 1. The monoisotopic (exact) mass is 295 g/mol. The summed E-state index contributed by atoms with van der Waals surface area (Å²) in [5.41, 5.74) is 1.95. The highest BCUT2D eigenvalue weighted by Gasteiger charge is 2.29. The van der Waals surface area contributed by atoms with E-state index < -0.39 is 0 Å². The van der Waals surface area contributed by atoms with E-state index in [1.807, 2.05) is 17.0 Å². The third kappa shape index (κ3) is 2.82. The summed E-state index contributed by atoms with van der Waals surface area (Å²) in [6.07, 6.45) is 7.08. The molecular formula is C18H21N3O. The summed E-state index contributed by atoms with van der Waals surface area (Å²) >= 11 is 0. The number of hydrogen-bond acceptors (Lipinski definition) is 3. The molecule has 0 unspecified atom stereocenters. The molecule has 0 radical (unpaired) electrons. The quantitative estimate of drug-likeness (QED) is 0.874. The number of hydrogen-bond donors (Lipinski definition) is 0. The van der Waals surface area contributed by atoms with Crippen molar-refractivity contribution in [1.29, 1.82) is 0 Å². The van der Waals surface area contributed by atoms with E-state index in [9.17, 15) is 4.79 Å². The van der Waals surface area contributed by atoms with Crippen molar-refractivity contribution in [3.8, 4) is 0 Å². The molecule has 114 valence electrons. The zero-order valence-corrected chi connectivity index (χ0v) is 12.7. The molecule has 2 fully saturated rings. The third-order valence-electron chi connectivity index (χ3n) is 4.91. The second kappa shape index (κ2) is 5.67. The zero-order chi connectivity index (χ0) is 14.9. The van der Waals surface area contributed by atoms with Gasteiger partial charge in [-0.15, -0.1) is 0 Å². The van der Waals surface area contributed by atoms with Crippen LogP contribution >= 0.6 is 0 Å². The molecule has 22 heavy (non-hydrogen) atoms. The van der Waals surface area contributed by atoms with Crippen molar-refractivity contribution >= 4 is 16.9 Å². The first-order valence-corrected chi connectivity index (χ1v) is 8.29. The summed E-state index contributed by atoms with van der Waals surface area (Å²) < 4.78 is 0. The Morgan fingerprint density at radius 1 is 1.14 bits per heavy atom. The zero-order valence-electron chi connectivity index (χ0n) is 12.7. The van der Waals surface area contributed by atoms with Gasteiger partial charge in [0.05, 0.1) is 0 Å². The fourth-order valence-electron chi connectivity index (χ4n) is 3.32. The van der Waals surface area contributed by atoms with Gasteiger partial charge in [0.15, 0.2) is 5.65 Å². The first-order chi connectivity index (χ1) is 10.8. The van der Waals surface area contributed by atoms with Gasteiger partial charge in [0.2, 0.25) is 5.91 Å². The normalized spacial score (nSPS) is 19.5. The molecule has 0 spiro atoms. The lowest BCUT2D eigenvalue weighted by molar-refractivity contribution is -0.132. The van der Waals surface area contributed by atoms with Crippen molar-refractivity contribution in [2.45, 2.75) is 38.0 Å². The number of aromatic nitrogens is 2. The van der Waals surface area contributed by atoms with E-state index in [1.165, 1.54) is 12.8 Å². The summed E-state index contributed by atoms with van der Waals surface area (Å²) in [5.74, 6) is 1.49. The maximum Gasteiger partial charge on any atom is 0.222 e. The molecule has 3 heterocycles. The Kier molecular flexibility index (Phi) is 3.53. The van der Waals surface area contributed by atoms with Crippen LogP contribution in [0.2, 0.25) is 0 Å². The van der Waals surface area contributed by atoms with Gasteiger partial charge in [0.25, 0.3) is 0 Å². The number of pyridine rings is 2. The minimum absolute atomic E-state index is 0.356. The van der Waals surface area contributed by atoms with Crippen LogP contribution in [0.25, 0.3) is 11.0 Å². The molecule has 4 nitrogen and oxygen atoms in total. The second-order valence-corrected chi connectivity index (χ2v) is 6.59. The highest BCUT2D eigenvalue weighted by molar-refractivity contribution is 5.77.